The highest BCUT2D eigenvalue weighted by Gasteiger charge is 2.01. The minimum atomic E-state index is -0.484. The summed E-state index contributed by atoms with van der Waals surface area (Å²) in [4.78, 5) is 11.2. The Kier molecular flexibility index (Phi) is 11.8. The van der Waals surface area contributed by atoms with E-state index in [1.807, 2.05) is 0 Å². The molecule has 0 saturated carbocycles. The summed E-state index contributed by atoms with van der Waals surface area (Å²) in [6.45, 7) is 10.5. The predicted molar refractivity (Wildman–Crippen MR) is 97.4 cm³/mol. The molecule has 0 atom stereocenters. The third-order valence-corrected chi connectivity index (χ3v) is 3.20. The number of allylic oxidation sites excluding steroid dienone is 7. The van der Waals surface area contributed by atoms with Gasteiger partial charge in [0.25, 0.3) is 0 Å². The number of aliphatic hydroxyl groups is 1. The monoisotopic (exact) mass is 320 g/mol. The molecule has 0 fully saturated rings. The molecule has 0 rings (SSSR count). The number of hydrogen-bond donors (Lipinski definition) is 1. The lowest BCUT2D eigenvalue weighted by Gasteiger charge is -2.05. The van der Waals surface area contributed by atoms with Crippen LogP contribution in [0.2, 0.25) is 0 Å². The number of carbonyl (C=O) groups is 1. The maximum Gasteiger partial charge on any atom is 0.334 e. The highest BCUT2D eigenvalue weighted by molar-refractivity contribution is 5.82. The van der Waals surface area contributed by atoms with Gasteiger partial charge in [-0.3, -0.25) is 0 Å². The molecule has 23 heavy (non-hydrogen) atoms. The molecule has 130 valence electrons. The second-order valence-corrected chi connectivity index (χ2v) is 6.09. The van der Waals surface area contributed by atoms with Gasteiger partial charge in [0.15, 0.2) is 0 Å². The van der Waals surface area contributed by atoms with Crippen LogP contribution in [0.3, 0.4) is 0 Å². The van der Waals surface area contributed by atoms with Crippen molar-refractivity contribution in [3.63, 3.8) is 0 Å². The van der Waals surface area contributed by atoms with Gasteiger partial charge in [-0.05, 0) is 60.3 Å². The average Bonchev–Trinajstić information content (AvgIpc) is 2.43. The lowest BCUT2D eigenvalue weighted by atomic mass is 10.0. The first-order valence-electron chi connectivity index (χ1n) is 8.36. The van der Waals surface area contributed by atoms with Crippen LogP contribution in [0.4, 0.5) is 0 Å². The molecule has 0 spiro atoms. The first-order chi connectivity index (χ1) is 10.8. The normalized spacial score (nSPS) is 11.9. The number of esters is 1. The van der Waals surface area contributed by atoms with Crippen molar-refractivity contribution in [2.45, 2.75) is 66.7 Å². The maximum absolute atomic E-state index is 11.2. The van der Waals surface area contributed by atoms with Crippen molar-refractivity contribution in [3.8, 4) is 0 Å². The van der Waals surface area contributed by atoms with Gasteiger partial charge in [-0.25, -0.2) is 4.79 Å². The summed E-state index contributed by atoms with van der Waals surface area (Å²) in [7, 11) is 0. The molecule has 0 radical (unpaired) electrons. The third-order valence-electron chi connectivity index (χ3n) is 3.20. The molecule has 0 heterocycles. The van der Waals surface area contributed by atoms with Gasteiger partial charge in [-0.2, -0.15) is 0 Å². The van der Waals surface area contributed by atoms with E-state index >= 15 is 0 Å². The molecule has 3 heteroatoms. The number of hydrogen-bond acceptors (Lipinski definition) is 3. The van der Waals surface area contributed by atoms with E-state index < -0.39 is 5.97 Å². The van der Waals surface area contributed by atoms with E-state index in [0.717, 1.165) is 31.8 Å². The first kappa shape index (κ1) is 21.2. The van der Waals surface area contributed by atoms with E-state index in [1.54, 1.807) is 6.92 Å². The molecule has 0 amide bonds. The van der Waals surface area contributed by atoms with Crippen molar-refractivity contribution in [3.05, 3.63) is 46.8 Å². The zero-order valence-corrected chi connectivity index (χ0v) is 15.3. The Labute approximate surface area is 141 Å². The number of aliphatic hydroxyl groups excluding tert-OH is 1. The Morgan fingerprint density at radius 1 is 0.957 bits per heavy atom. The molecule has 0 unspecified atom stereocenters. The van der Waals surface area contributed by atoms with Gasteiger partial charge >= 0.3 is 5.97 Å². The van der Waals surface area contributed by atoms with Crippen molar-refractivity contribution < 1.29 is 14.6 Å². The highest BCUT2D eigenvalue weighted by atomic mass is 16.5. The zero-order chi connectivity index (χ0) is 17.7. The van der Waals surface area contributed by atoms with Crippen LogP contribution in [0.1, 0.15) is 66.7 Å². The topological polar surface area (TPSA) is 46.5 Å². The van der Waals surface area contributed by atoms with Crippen LogP contribution in [0.5, 0.6) is 0 Å². The van der Waals surface area contributed by atoms with Gasteiger partial charge in [-0.15, -0.1) is 0 Å². The van der Waals surface area contributed by atoms with Crippen LogP contribution < -0.4 is 0 Å². The summed E-state index contributed by atoms with van der Waals surface area (Å²) in [5, 5.41) is 9.74. The van der Waals surface area contributed by atoms with Crippen molar-refractivity contribution in [1.82, 2.24) is 0 Å². The van der Waals surface area contributed by atoms with E-state index in [-0.39, 0.29) is 5.76 Å². The van der Waals surface area contributed by atoms with Crippen molar-refractivity contribution in [1.29, 1.82) is 0 Å². The van der Waals surface area contributed by atoms with Gasteiger partial charge in [0.05, 0.1) is 18.4 Å². The van der Waals surface area contributed by atoms with Crippen LogP contribution in [0.15, 0.2) is 46.8 Å². The van der Waals surface area contributed by atoms with Gasteiger partial charge in [0, 0.05) is 6.42 Å². The van der Waals surface area contributed by atoms with Crippen LogP contribution in [0.25, 0.3) is 0 Å². The Balaban J connectivity index is 4.58. The van der Waals surface area contributed by atoms with Crippen LogP contribution in [0, 0.1) is 0 Å². The molecule has 0 aromatic heterocycles. The van der Waals surface area contributed by atoms with Gasteiger partial charge in [0.2, 0.25) is 0 Å². The molecule has 1 N–H and O–H groups in total. The lowest BCUT2D eigenvalue weighted by molar-refractivity contribution is -0.137. The van der Waals surface area contributed by atoms with E-state index in [1.165, 1.54) is 16.7 Å². The Morgan fingerprint density at radius 3 is 2.13 bits per heavy atom. The van der Waals surface area contributed by atoms with E-state index in [9.17, 15) is 9.90 Å². The van der Waals surface area contributed by atoms with E-state index in [4.69, 9.17) is 4.74 Å². The summed E-state index contributed by atoms with van der Waals surface area (Å²) < 4.78 is 4.78. The largest absolute Gasteiger partial charge is 0.512 e. The number of ether oxygens (including phenoxy) is 1. The fourth-order valence-corrected chi connectivity index (χ4v) is 1.99. The van der Waals surface area contributed by atoms with Crippen molar-refractivity contribution >= 4 is 5.97 Å². The number of carbonyl (C=O) groups excluding carboxylic acids is 1. The molecular formula is C20H32O3. The summed E-state index contributed by atoms with van der Waals surface area (Å²) in [6.07, 6.45) is 12.0. The third kappa shape index (κ3) is 13.6. The molecule has 0 aliphatic carbocycles. The van der Waals surface area contributed by atoms with Gasteiger partial charge in [-0.1, -0.05) is 34.9 Å². The summed E-state index contributed by atoms with van der Waals surface area (Å²) in [5.74, 6) is -0.409. The standard InChI is InChI=1S/C20H32O3/c1-6-23-20(22)15-19(21)12-8-11-18(14-13-17(4)5)10-7-9-16(2)3/h9,11,13,15,21H,6-8,10,12,14H2,1-5H3/b18-11-,19-15-. The molecule has 3 nitrogen and oxygen atoms in total. The quantitative estimate of drug-likeness (QED) is 0.239. The minimum absolute atomic E-state index is 0.0746. The Hall–Kier alpha value is -1.77. The SMILES string of the molecule is CCOC(=O)/C=C(\O)CC/C=C(\CC=C(C)C)CCC=C(C)C. The maximum atomic E-state index is 11.2. The van der Waals surface area contributed by atoms with Crippen molar-refractivity contribution in [2.24, 2.45) is 0 Å². The fourth-order valence-electron chi connectivity index (χ4n) is 1.99. The molecule has 0 bridgehead atoms. The van der Waals surface area contributed by atoms with Crippen LogP contribution >= 0.6 is 0 Å². The molecule has 0 aliphatic rings. The predicted octanol–water partition coefficient (Wildman–Crippen LogP) is 5.80. The molecular weight excluding hydrogens is 288 g/mol. The van der Waals surface area contributed by atoms with Crippen LogP contribution in [-0.4, -0.2) is 17.7 Å². The molecule has 0 aliphatic heterocycles. The second kappa shape index (κ2) is 12.7. The first-order valence-corrected chi connectivity index (χ1v) is 8.36. The van der Waals surface area contributed by atoms with Crippen LogP contribution in [-0.2, 0) is 9.53 Å². The minimum Gasteiger partial charge on any atom is -0.512 e. The van der Waals surface area contributed by atoms with Crippen molar-refractivity contribution in [2.75, 3.05) is 6.61 Å². The molecule has 0 aromatic rings. The van der Waals surface area contributed by atoms with Gasteiger partial charge in [0.1, 0.15) is 0 Å². The lowest BCUT2D eigenvalue weighted by Crippen LogP contribution is -2.01. The van der Waals surface area contributed by atoms with E-state index in [2.05, 4.69) is 45.9 Å². The zero-order valence-electron chi connectivity index (χ0n) is 15.3. The summed E-state index contributed by atoms with van der Waals surface area (Å²) >= 11 is 0. The number of rotatable bonds is 10. The van der Waals surface area contributed by atoms with E-state index in [0.29, 0.717) is 13.0 Å². The Bertz CT molecular complexity index is 471. The molecule has 0 saturated heterocycles. The summed E-state index contributed by atoms with van der Waals surface area (Å²) in [5.41, 5.74) is 4.01. The van der Waals surface area contributed by atoms with Gasteiger partial charge < -0.3 is 9.84 Å². The fraction of sp³-hybridized carbons (Fsp3) is 0.550. The highest BCUT2D eigenvalue weighted by Crippen LogP contribution is 2.16. The average molecular weight is 320 g/mol. The second-order valence-electron chi connectivity index (χ2n) is 6.09. The Morgan fingerprint density at radius 2 is 1.57 bits per heavy atom. The molecule has 0 aromatic carbocycles. The smallest absolute Gasteiger partial charge is 0.334 e. The summed E-state index contributed by atoms with van der Waals surface area (Å²) in [6, 6.07) is 0.